The van der Waals surface area contributed by atoms with Crippen LogP contribution in [0, 0.1) is 11.6 Å². The number of aliphatic hydroxyl groups excluding tert-OH is 1. The van der Waals surface area contributed by atoms with E-state index in [1.807, 2.05) is 39.0 Å². The first kappa shape index (κ1) is 38.1. The highest BCUT2D eigenvalue weighted by molar-refractivity contribution is 7.92. The van der Waals surface area contributed by atoms with Crippen LogP contribution in [0.2, 0.25) is 0 Å². The Balaban J connectivity index is 2.46. The average Bonchev–Trinajstić information content (AvgIpc) is 2.95. The molecule has 0 fully saturated rings. The van der Waals surface area contributed by atoms with Gasteiger partial charge in [0.25, 0.3) is 0 Å². The third-order valence-corrected chi connectivity index (χ3v) is 9.73. The topological polar surface area (TPSA) is 139 Å². The third-order valence-electron chi connectivity index (χ3n) is 7.44. The van der Waals surface area contributed by atoms with Gasteiger partial charge in [0.05, 0.1) is 23.2 Å². The fourth-order valence-corrected chi connectivity index (χ4v) is 7.35. The molecule has 0 aliphatic rings. The summed E-state index contributed by atoms with van der Waals surface area (Å²) in [6.45, 7) is 8.65. The molecule has 12 heteroatoms. The fourth-order valence-electron chi connectivity index (χ4n) is 5.20. The number of ether oxygens (including phenoxy) is 1. The lowest BCUT2D eigenvalue weighted by atomic mass is 10.0. The van der Waals surface area contributed by atoms with E-state index in [1.54, 1.807) is 19.9 Å². The molecule has 45 heavy (non-hydrogen) atoms. The Morgan fingerprint density at radius 2 is 1.58 bits per heavy atom. The van der Waals surface area contributed by atoms with Gasteiger partial charge in [-0.25, -0.2) is 22.0 Å². The fraction of sp³-hybridized carbons (Fsp3) is 0.576. The number of hydrogen-bond acceptors (Lipinski definition) is 7. The molecule has 0 saturated carbocycles. The molecule has 0 aliphatic carbocycles. The van der Waals surface area contributed by atoms with Crippen molar-refractivity contribution < 1.29 is 36.6 Å². The van der Waals surface area contributed by atoms with Crippen LogP contribution in [0.15, 0.2) is 42.5 Å². The van der Waals surface area contributed by atoms with E-state index in [1.165, 1.54) is 4.90 Å². The Hall–Kier alpha value is -3.09. The average molecular weight is 654 g/mol. The number of hydrogen-bond donors (Lipinski definition) is 3. The van der Waals surface area contributed by atoms with Crippen molar-refractivity contribution >= 4 is 21.8 Å². The minimum Gasteiger partial charge on any atom is -0.447 e. The summed E-state index contributed by atoms with van der Waals surface area (Å²) in [4.78, 5) is 28.1. The molecule has 2 rings (SSSR count). The van der Waals surface area contributed by atoms with E-state index in [9.17, 15) is 31.9 Å². The van der Waals surface area contributed by atoms with Gasteiger partial charge >= 0.3 is 6.09 Å². The Morgan fingerprint density at radius 1 is 0.978 bits per heavy atom. The first-order valence-electron chi connectivity index (χ1n) is 15.6. The highest BCUT2D eigenvalue weighted by atomic mass is 32.2. The van der Waals surface area contributed by atoms with Gasteiger partial charge in [-0.2, -0.15) is 0 Å². The minimum atomic E-state index is -3.85. The number of alkyl carbamates (subject to hydrolysis) is 1. The summed E-state index contributed by atoms with van der Waals surface area (Å²) in [6, 6.07) is 7.88. The number of nitrogens with two attached hydrogens (primary N) is 1. The summed E-state index contributed by atoms with van der Waals surface area (Å²) in [5, 5.41) is 12.9. The van der Waals surface area contributed by atoms with Crippen molar-refractivity contribution in [3.63, 3.8) is 0 Å². The maximum atomic E-state index is 14.2. The van der Waals surface area contributed by atoms with Gasteiger partial charge in [-0.3, -0.25) is 4.79 Å². The van der Waals surface area contributed by atoms with Gasteiger partial charge in [-0.1, -0.05) is 57.9 Å². The van der Waals surface area contributed by atoms with Gasteiger partial charge in [0.1, 0.15) is 17.7 Å². The number of rotatable bonds is 18. The van der Waals surface area contributed by atoms with Crippen molar-refractivity contribution in [2.75, 3.05) is 12.3 Å². The summed E-state index contributed by atoms with van der Waals surface area (Å²) in [6.07, 6.45) is -0.0957. The zero-order valence-electron chi connectivity index (χ0n) is 27.0. The summed E-state index contributed by atoms with van der Waals surface area (Å²) in [5.74, 6) is -2.96. The number of sulfone groups is 1. The molecule has 0 aliphatic heterocycles. The molecule has 2 amide bonds. The number of nitrogens with zero attached hydrogens (tertiary/aromatic N) is 1. The van der Waals surface area contributed by atoms with E-state index in [4.69, 9.17) is 10.5 Å². The number of carbonyl (C=O) groups is 2. The van der Waals surface area contributed by atoms with Gasteiger partial charge in [-0.05, 0) is 68.4 Å². The van der Waals surface area contributed by atoms with Crippen LogP contribution in [-0.2, 0) is 38.8 Å². The molecule has 0 saturated heterocycles. The molecule has 9 nitrogen and oxygen atoms in total. The van der Waals surface area contributed by atoms with Gasteiger partial charge < -0.3 is 25.8 Å². The summed E-state index contributed by atoms with van der Waals surface area (Å²) < 4.78 is 59.9. The van der Waals surface area contributed by atoms with Gasteiger partial charge in [0, 0.05) is 25.2 Å². The predicted molar refractivity (Wildman–Crippen MR) is 171 cm³/mol. The van der Waals surface area contributed by atoms with Crippen LogP contribution in [0.1, 0.15) is 77.0 Å². The second-order valence-corrected chi connectivity index (χ2v) is 14.1. The van der Waals surface area contributed by atoms with E-state index in [0.29, 0.717) is 25.7 Å². The van der Waals surface area contributed by atoms with Crippen molar-refractivity contribution in [2.24, 2.45) is 5.73 Å². The number of carbonyl (C=O) groups excluding carboxylic acids is 2. The van der Waals surface area contributed by atoms with Crippen molar-refractivity contribution in [3.8, 4) is 0 Å². The molecular formula is C33H49F2N3O6S. The van der Waals surface area contributed by atoms with Crippen molar-refractivity contribution in [2.45, 2.75) is 109 Å². The molecule has 0 spiro atoms. The molecule has 0 heterocycles. The molecule has 0 bridgehead atoms. The van der Waals surface area contributed by atoms with Crippen LogP contribution >= 0.6 is 0 Å². The second-order valence-electron chi connectivity index (χ2n) is 11.8. The largest absolute Gasteiger partial charge is 0.447 e. The van der Waals surface area contributed by atoms with Gasteiger partial charge in [0.2, 0.25) is 5.91 Å². The Kier molecular flexibility index (Phi) is 15.4. The van der Waals surface area contributed by atoms with E-state index < -0.39 is 68.8 Å². The van der Waals surface area contributed by atoms with E-state index in [0.717, 1.165) is 35.7 Å². The molecule has 4 N–H and O–H groups in total. The highest BCUT2D eigenvalue weighted by Crippen LogP contribution is 2.19. The summed E-state index contributed by atoms with van der Waals surface area (Å²) in [5.41, 5.74) is 8.19. The van der Waals surface area contributed by atoms with E-state index in [-0.39, 0.29) is 25.1 Å². The normalized spacial score (nSPS) is 13.8. The number of benzene rings is 2. The van der Waals surface area contributed by atoms with Crippen LogP contribution in [0.3, 0.4) is 0 Å². The molecule has 2 aromatic rings. The number of aryl methyl sites for hydroxylation is 1. The summed E-state index contributed by atoms with van der Waals surface area (Å²) >= 11 is 0. The van der Waals surface area contributed by atoms with Gasteiger partial charge in [-0.15, -0.1) is 0 Å². The third kappa shape index (κ3) is 12.7. The van der Waals surface area contributed by atoms with Crippen LogP contribution in [0.5, 0.6) is 0 Å². The van der Waals surface area contributed by atoms with Crippen molar-refractivity contribution in [3.05, 3.63) is 70.8 Å². The van der Waals surface area contributed by atoms with E-state index in [2.05, 4.69) is 5.32 Å². The molecule has 0 aromatic heterocycles. The Bertz CT molecular complexity index is 1330. The molecule has 0 radical (unpaired) electrons. The molecule has 2 aromatic carbocycles. The lowest BCUT2D eigenvalue weighted by molar-refractivity contribution is -0.135. The molecule has 0 unspecified atom stereocenters. The predicted octanol–water partition coefficient (Wildman–Crippen LogP) is 4.67. The SMILES string of the molecule is CCCC(CCC)S(=O)(=O)C[C@@H](NC(=O)OC(C)C)C(=O)N(Cc1cccc(CC)c1)C[C@@H](O)[C@@H](N)Cc1cc(F)cc(F)c1. The maximum absolute atomic E-state index is 14.2. The van der Waals surface area contributed by atoms with Crippen LogP contribution in [0.25, 0.3) is 0 Å². The van der Waals surface area contributed by atoms with Crippen molar-refractivity contribution in [1.29, 1.82) is 0 Å². The summed E-state index contributed by atoms with van der Waals surface area (Å²) in [7, 11) is -3.85. The maximum Gasteiger partial charge on any atom is 0.408 e. The van der Waals surface area contributed by atoms with Crippen LogP contribution in [-0.4, -0.2) is 72.3 Å². The van der Waals surface area contributed by atoms with Gasteiger partial charge in [0.15, 0.2) is 9.84 Å². The number of aliphatic hydroxyl groups is 1. The quantitative estimate of drug-likeness (QED) is 0.213. The smallest absolute Gasteiger partial charge is 0.408 e. The van der Waals surface area contributed by atoms with E-state index >= 15 is 0 Å². The first-order chi connectivity index (χ1) is 21.2. The standard InChI is InChI=1S/C33H49F2N3O6S/c1-6-10-28(11-7-2)45(42,43)21-30(37-33(41)44-22(4)5)32(40)38(19-24-13-9-12-23(8-3)14-24)20-31(39)29(36)17-25-15-26(34)18-27(35)16-25/h9,12-16,18,22,28-31,39H,6-8,10-11,17,19-21,36H2,1-5H3,(H,37,41)/t29-,30+,31+/m0/s1. The number of halogens is 2. The van der Waals surface area contributed by atoms with Crippen LogP contribution in [0.4, 0.5) is 13.6 Å². The lowest BCUT2D eigenvalue weighted by Crippen LogP contribution is -2.55. The number of nitrogens with one attached hydrogen (secondary N) is 1. The molecule has 252 valence electrons. The zero-order chi connectivity index (χ0) is 33.7. The monoisotopic (exact) mass is 653 g/mol. The highest BCUT2D eigenvalue weighted by Gasteiger charge is 2.36. The lowest BCUT2D eigenvalue weighted by Gasteiger charge is -2.32. The van der Waals surface area contributed by atoms with Crippen LogP contribution < -0.4 is 11.1 Å². The zero-order valence-corrected chi connectivity index (χ0v) is 27.8. The Labute approximate surface area is 266 Å². The van der Waals surface area contributed by atoms with Crippen molar-refractivity contribution in [1.82, 2.24) is 10.2 Å². The Morgan fingerprint density at radius 3 is 2.13 bits per heavy atom. The first-order valence-corrected chi connectivity index (χ1v) is 17.3. The second kappa shape index (κ2) is 18.2. The molecular weight excluding hydrogens is 604 g/mol. The number of amides is 2. The molecule has 3 atom stereocenters. The minimum absolute atomic E-state index is 0.0180.